The average Bonchev–Trinajstić information content (AvgIpc) is 2.79. The second-order valence-corrected chi connectivity index (χ2v) is 6.58. The lowest BCUT2D eigenvalue weighted by atomic mass is 10.3. The summed E-state index contributed by atoms with van der Waals surface area (Å²) in [6.07, 6.45) is -5.51. The summed E-state index contributed by atoms with van der Waals surface area (Å²) in [5.74, 6) is 0. The quantitative estimate of drug-likeness (QED) is 0.836. The molecule has 0 aromatic carbocycles. The third-order valence-electron chi connectivity index (χ3n) is 3.37. The molecule has 21 heavy (non-hydrogen) atoms. The van der Waals surface area contributed by atoms with Gasteiger partial charge >= 0.3 is 6.18 Å². The van der Waals surface area contributed by atoms with E-state index in [1.807, 2.05) is 0 Å². The number of aryl methyl sites for hydroxylation is 1. The minimum absolute atomic E-state index is 0.0628. The van der Waals surface area contributed by atoms with Crippen molar-refractivity contribution in [2.24, 2.45) is 0 Å². The monoisotopic (exact) mass is 327 g/mol. The van der Waals surface area contributed by atoms with Crippen LogP contribution in [0.3, 0.4) is 0 Å². The molecule has 1 fully saturated rings. The van der Waals surface area contributed by atoms with E-state index in [2.05, 4.69) is 9.84 Å². The largest absolute Gasteiger partial charge is 0.415 e. The van der Waals surface area contributed by atoms with Crippen molar-refractivity contribution in [3.05, 3.63) is 11.9 Å². The summed E-state index contributed by atoms with van der Waals surface area (Å²) in [4.78, 5) is -0.0628. The molecular weight excluding hydrogens is 311 g/mol. The average molecular weight is 327 g/mol. The van der Waals surface area contributed by atoms with Crippen molar-refractivity contribution in [3.8, 4) is 0 Å². The van der Waals surface area contributed by atoms with Crippen LogP contribution >= 0.6 is 0 Å². The van der Waals surface area contributed by atoms with Crippen LogP contribution in [0, 0.1) is 6.92 Å². The number of sulfonamides is 1. The zero-order valence-corrected chi connectivity index (χ0v) is 12.4. The predicted octanol–water partition coefficient (Wildman–Crippen LogP) is 1.16. The van der Waals surface area contributed by atoms with Crippen LogP contribution in [0.2, 0.25) is 0 Å². The number of rotatable bonds is 3. The molecule has 6 nitrogen and oxygen atoms in total. The first kappa shape index (κ1) is 16.2. The first-order valence-corrected chi connectivity index (χ1v) is 7.82. The number of nitrogens with zero attached hydrogens (tertiary/aromatic N) is 3. The maximum Gasteiger partial charge on any atom is 0.415 e. The van der Waals surface area contributed by atoms with Gasteiger partial charge in [0.05, 0.1) is 18.5 Å². The summed E-state index contributed by atoms with van der Waals surface area (Å²) < 4.78 is 69.9. The molecule has 1 aliphatic heterocycles. The Morgan fingerprint density at radius 2 is 2.14 bits per heavy atom. The van der Waals surface area contributed by atoms with Gasteiger partial charge < -0.3 is 4.74 Å². The minimum Gasteiger partial charge on any atom is -0.366 e. The van der Waals surface area contributed by atoms with Gasteiger partial charge in [0.2, 0.25) is 10.0 Å². The Hall–Kier alpha value is -1.13. The smallest absolute Gasteiger partial charge is 0.366 e. The van der Waals surface area contributed by atoms with Gasteiger partial charge in [-0.1, -0.05) is 0 Å². The highest BCUT2D eigenvalue weighted by Crippen LogP contribution is 2.29. The molecule has 0 amide bonds. The van der Waals surface area contributed by atoms with Gasteiger partial charge in [0.25, 0.3) is 0 Å². The summed E-state index contributed by atoms with van der Waals surface area (Å²) in [5, 5.41) is 3.92. The van der Waals surface area contributed by atoms with E-state index >= 15 is 0 Å². The van der Waals surface area contributed by atoms with Crippen LogP contribution in [0.4, 0.5) is 13.2 Å². The van der Waals surface area contributed by atoms with Crippen LogP contribution in [0.1, 0.15) is 12.6 Å². The number of aromatic nitrogens is 2. The van der Waals surface area contributed by atoms with Gasteiger partial charge in [-0.25, -0.2) is 8.42 Å². The van der Waals surface area contributed by atoms with E-state index in [1.54, 1.807) is 13.8 Å². The number of ether oxygens (including phenoxy) is 1. The fourth-order valence-electron chi connectivity index (χ4n) is 2.18. The second kappa shape index (κ2) is 5.58. The van der Waals surface area contributed by atoms with Crippen molar-refractivity contribution < 1.29 is 26.3 Å². The van der Waals surface area contributed by atoms with Crippen molar-refractivity contribution in [2.45, 2.75) is 37.6 Å². The lowest BCUT2D eigenvalue weighted by Gasteiger charge is -2.32. The van der Waals surface area contributed by atoms with Gasteiger partial charge in [-0.05, 0) is 13.8 Å². The van der Waals surface area contributed by atoms with E-state index in [0.717, 1.165) is 4.31 Å². The van der Waals surface area contributed by atoms with Crippen molar-refractivity contribution in [3.63, 3.8) is 0 Å². The first-order valence-electron chi connectivity index (χ1n) is 6.38. The van der Waals surface area contributed by atoms with E-state index in [4.69, 9.17) is 0 Å². The van der Waals surface area contributed by atoms with Crippen LogP contribution < -0.4 is 0 Å². The van der Waals surface area contributed by atoms with Crippen molar-refractivity contribution in [2.75, 3.05) is 19.7 Å². The summed E-state index contributed by atoms with van der Waals surface area (Å²) >= 11 is 0. The fraction of sp³-hybridized carbons (Fsp3) is 0.727. The number of hydrogen-bond acceptors (Lipinski definition) is 4. The molecule has 0 spiro atoms. The molecule has 0 radical (unpaired) electrons. The Morgan fingerprint density at radius 3 is 2.67 bits per heavy atom. The van der Waals surface area contributed by atoms with Gasteiger partial charge in [-0.15, -0.1) is 0 Å². The zero-order chi connectivity index (χ0) is 15.8. The van der Waals surface area contributed by atoms with Crippen molar-refractivity contribution in [1.29, 1.82) is 0 Å². The van der Waals surface area contributed by atoms with Crippen molar-refractivity contribution in [1.82, 2.24) is 14.1 Å². The summed E-state index contributed by atoms with van der Waals surface area (Å²) in [6, 6.07) is 0. The van der Waals surface area contributed by atoms with Crippen LogP contribution in [0.25, 0.3) is 0 Å². The predicted molar refractivity (Wildman–Crippen MR) is 67.2 cm³/mol. The lowest BCUT2D eigenvalue weighted by Crippen LogP contribution is -2.51. The number of halogens is 3. The number of hydrogen-bond donors (Lipinski definition) is 0. The molecule has 2 heterocycles. The Labute approximate surface area is 120 Å². The van der Waals surface area contributed by atoms with Crippen LogP contribution in [0.15, 0.2) is 11.1 Å². The van der Waals surface area contributed by atoms with Gasteiger partial charge in [0, 0.05) is 19.6 Å². The van der Waals surface area contributed by atoms with Crippen LogP contribution in [-0.4, -0.2) is 54.5 Å². The van der Waals surface area contributed by atoms with E-state index in [9.17, 15) is 21.6 Å². The lowest BCUT2D eigenvalue weighted by molar-refractivity contribution is -0.231. The second-order valence-electron chi connectivity index (χ2n) is 4.67. The molecule has 1 aliphatic rings. The summed E-state index contributed by atoms with van der Waals surface area (Å²) in [7, 11) is -4.01. The zero-order valence-electron chi connectivity index (χ0n) is 11.6. The summed E-state index contributed by atoms with van der Waals surface area (Å²) in [6.45, 7) is 2.73. The Morgan fingerprint density at radius 1 is 1.48 bits per heavy atom. The van der Waals surface area contributed by atoms with Crippen LogP contribution in [0.5, 0.6) is 0 Å². The van der Waals surface area contributed by atoms with E-state index in [-0.39, 0.29) is 18.0 Å². The molecule has 0 unspecified atom stereocenters. The molecule has 1 atom stereocenters. The maximum absolute atomic E-state index is 12.7. The molecule has 1 aromatic rings. The molecule has 10 heteroatoms. The molecule has 0 N–H and O–H groups in total. The Balaban J connectivity index is 2.29. The van der Waals surface area contributed by atoms with E-state index in [1.165, 1.54) is 10.9 Å². The molecule has 1 saturated heterocycles. The number of alkyl halides is 3. The highest BCUT2D eigenvalue weighted by Gasteiger charge is 2.46. The molecule has 0 bridgehead atoms. The first-order chi connectivity index (χ1) is 9.67. The molecular formula is C11H16F3N3O3S. The topological polar surface area (TPSA) is 64.4 Å². The highest BCUT2D eigenvalue weighted by molar-refractivity contribution is 7.89. The third kappa shape index (κ3) is 3.06. The SMILES string of the molecule is CCn1ncc(S(=O)(=O)N2CCO[C@H](C(F)(F)F)C2)c1C. The summed E-state index contributed by atoms with van der Waals surface area (Å²) in [5.41, 5.74) is 0.410. The fourth-order valence-corrected chi connectivity index (χ4v) is 3.77. The van der Waals surface area contributed by atoms with Gasteiger partial charge in [0.15, 0.2) is 6.10 Å². The Kier molecular flexibility index (Phi) is 4.31. The van der Waals surface area contributed by atoms with Gasteiger partial charge in [-0.3, -0.25) is 4.68 Å². The number of morpholine rings is 1. The van der Waals surface area contributed by atoms with Crippen LogP contribution in [-0.2, 0) is 21.3 Å². The van der Waals surface area contributed by atoms with E-state index < -0.39 is 28.8 Å². The molecule has 120 valence electrons. The molecule has 0 aliphatic carbocycles. The van der Waals surface area contributed by atoms with E-state index in [0.29, 0.717) is 12.2 Å². The molecule has 2 rings (SSSR count). The minimum atomic E-state index is -4.59. The standard InChI is InChI=1S/C11H16F3N3O3S/c1-3-17-8(2)9(6-15-17)21(18,19)16-4-5-20-10(7-16)11(12,13)14/h6,10H,3-5,7H2,1-2H3/t10-/m0/s1. The molecule has 0 saturated carbocycles. The normalized spacial score (nSPS) is 21.7. The molecule has 1 aromatic heterocycles. The van der Waals surface area contributed by atoms with Gasteiger partial charge in [0.1, 0.15) is 4.90 Å². The maximum atomic E-state index is 12.7. The highest BCUT2D eigenvalue weighted by atomic mass is 32.2. The Bertz CT molecular complexity index is 612. The third-order valence-corrected chi connectivity index (χ3v) is 5.34. The van der Waals surface area contributed by atoms with Crippen molar-refractivity contribution >= 4 is 10.0 Å². The van der Waals surface area contributed by atoms with Gasteiger partial charge in [-0.2, -0.15) is 22.6 Å².